The Labute approximate surface area is 116 Å². The van der Waals surface area contributed by atoms with Crippen molar-refractivity contribution in [2.24, 2.45) is 16.8 Å². The van der Waals surface area contributed by atoms with Gasteiger partial charge in [0.05, 0.1) is 5.71 Å². The van der Waals surface area contributed by atoms with Crippen LogP contribution >= 0.6 is 0 Å². The third-order valence-electron chi connectivity index (χ3n) is 3.65. The first-order valence-corrected chi connectivity index (χ1v) is 6.64. The van der Waals surface area contributed by atoms with E-state index in [0.717, 1.165) is 25.2 Å². The Morgan fingerprint density at radius 1 is 1.60 bits per heavy atom. The highest BCUT2D eigenvalue weighted by Gasteiger charge is 2.26. The van der Waals surface area contributed by atoms with Gasteiger partial charge in [-0.15, -0.1) is 0 Å². The van der Waals surface area contributed by atoms with E-state index in [1.165, 1.54) is 17.9 Å². The average Bonchev–Trinajstić information content (AvgIpc) is 2.86. The van der Waals surface area contributed by atoms with Crippen LogP contribution < -0.4 is 5.32 Å². The molecule has 7 heteroatoms. The maximum atomic E-state index is 12.5. The van der Waals surface area contributed by atoms with E-state index in [4.69, 9.17) is 0 Å². The van der Waals surface area contributed by atoms with Gasteiger partial charge in [-0.05, 0) is 25.8 Å². The lowest BCUT2D eigenvalue weighted by Crippen LogP contribution is -2.36. The van der Waals surface area contributed by atoms with Crippen LogP contribution in [-0.2, 0) is 0 Å². The molecule has 0 radical (unpaired) electrons. The predicted molar refractivity (Wildman–Crippen MR) is 74.3 cm³/mol. The number of hydrogen-bond donors (Lipinski definition) is 1. The quantitative estimate of drug-likeness (QED) is 0.863. The van der Waals surface area contributed by atoms with Crippen LogP contribution in [0.1, 0.15) is 20.3 Å². The fourth-order valence-corrected chi connectivity index (χ4v) is 2.31. The Balaban J connectivity index is 2.23. The number of nitrogens with zero attached hydrogens (tertiary/aromatic N) is 4. The van der Waals surface area contributed by atoms with Gasteiger partial charge in [-0.25, -0.2) is 18.5 Å². The number of aliphatic imine (C=N–C) groups is 1. The van der Waals surface area contributed by atoms with E-state index in [2.05, 4.69) is 33.9 Å². The van der Waals surface area contributed by atoms with E-state index in [9.17, 15) is 8.78 Å². The number of aromatic nitrogens is 3. The molecule has 2 heterocycles. The summed E-state index contributed by atoms with van der Waals surface area (Å²) in [4.78, 5) is 7.76. The van der Waals surface area contributed by atoms with E-state index in [1.54, 1.807) is 0 Å². The van der Waals surface area contributed by atoms with Gasteiger partial charge < -0.3 is 5.32 Å². The maximum absolute atomic E-state index is 12.5. The number of alkyl halides is 2. The van der Waals surface area contributed by atoms with E-state index >= 15 is 0 Å². The summed E-state index contributed by atoms with van der Waals surface area (Å²) >= 11 is 0. The lowest BCUT2D eigenvalue weighted by Gasteiger charge is -2.30. The largest absolute Gasteiger partial charge is 0.316 e. The van der Waals surface area contributed by atoms with Crippen LogP contribution in [0.5, 0.6) is 0 Å². The maximum Gasteiger partial charge on any atom is 0.276 e. The molecule has 2 atom stereocenters. The highest BCUT2D eigenvalue weighted by molar-refractivity contribution is 5.86. The van der Waals surface area contributed by atoms with Crippen LogP contribution in [0.2, 0.25) is 0 Å². The summed E-state index contributed by atoms with van der Waals surface area (Å²) in [7, 11) is 0. The molecule has 2 rings (SSSR count). The summed E-state index contributed by atoms with van der Waals surface area (Å²) in [6, 6.07) is 0. The minimum Gasteiger partial charge on any atom is -0.316 e. The van der Waals surface area contributed by atoms with Crippen molar-refractivity contribution in [2.75, 3.05) is 13.1 Å². The van der Waals surface area contributed by atoms with E-state index < -0.39 is 6.43 Å². The summed E-state index contributed by atoms with van der Waals surface area (Å²) in [6.07, 6.45) is -0.236. The van der Waals surface area contributed by atoms with Crippen LogP contribution in [-0.4, -0.2) is 40.0 Å². The molecule has 1 fully saturated rings. The minimum absolute atomic E-state index is 0.158. The molecule has 1 aliphatic rings. The van der Waals surface area contributed by atoms with Gasteiger partial charge >= 0.3 is 0 Å². The predicted octanol–water partition coefficient (Wildman–Crippen LogP) is 2.35. The molecule has 5 nitrogen and oxygen atoms in total. The number of nitrogens with one attached hydrogen (secondary N) is 1. The standard InChI is InChI=1S/C13H19F2N5/c1-8-4-5-16-6-11(8)10(3)20-13(17-7-18-20)19-9(2)12(14)15/h7-8,11-12,16H,3-6H2,1-2H3/t8-,11-/m1/s1. The molecule has 0 spiro atoms. The van der Waals surface area contributed by atoms with Gasteiger partial charge in [0.1, 0.15) is 6.33 Å². The van der Waals surface area contributed by atoms with Gasteiger partial charge in [0.25, 0.3) is 12.4 Å². The topological polar surface area (TPSA) is 55.1 Å². The Morgan fingerprint density at radius 2 is 2.35 bits per heavy atom. The minimum atomic E-state index is -2.59. The molecule has 1 aromatic rings. The van der Waals surface area contributed by atoms with Crippen molar-refractivity contribution in [3.8, 4) is 0 Å². The lowest BCUT2D eigenvalue weighted by atomic mass is 9.86. The molecule has 1 aromatic heterocycles. The van der Waals surface area contributed by atoms with Gasteiger partial charge in [-0.3, -0.25) is 0 Å². The van der Waals surface area contributed by atoms with Crippen LogP contribution in [0.15, 0.2) is 17.9 Å². The fourth-order valence-electron chi connectivity index (χ4n) is 2.31. The summed E-state index contributed by atoms with van der Waals surface area (Å²) < 4.78 is 26.6. The number of hydrogen-bond acceptors (Lipinski definition) is 4. The zero-order valence-corrected chi connectivity index (χ0v) is 11.7. The van der Waals surface area contributed by atoms with E-state index in [1.807, 2.05) is 0 Å². The number of rotatable bonds is 4. The molecule has 1 saturated heterocycles. The van der Waals surface area contributed by atoms with Crippen molar-refractivity contribution in [1.82, 2.24) is 20.1 Å². The molecule has 1 aliphatic heterocycles. The van der Waals surface area contributed by atoms with E-state index in [0.29, 0.717) is 5.92 Å². The van der Waals surface area contributed by atoms with Gasteiger partial charge in [0.15, 0.2) is 0 Å². The Bertz CT molecular complexity index is 509. The van der Waals surface area contributed by atoms with Crippen molar-refractivity contribution in [3.63, 3.8) is 0 Å². The highest BCUT2D eigenvalue weighted by Crippen LogP contribution is 2.29. The third kappa shape index (κ3) is 3.09. The summed E-state index contributed by atoms with van der Waals surface area (Å²) in [5.41, 5.74) is 0.463. The first-order chi connectivity index (χ1) is 9.50. The van der Waals surface area contributed by atoms with Crippen molar-refractivity contribution in [2.45, 2.75) is 26.7 Å². The van der Waals surface area contributed by atoms with Crippen molar-refractivity contribution in [1.29, 1.82) is 0 Å². The molecular formula is C13H19F2N5. The van der Waals surface area contributed by atoms with Crippen molar-refractivity contribution >= 4 is 17.4 Å². The van der Waals surface area contributed by atoms with Crippen molar-refractivity contribution < 1.29 is 8.78 Å². The smallest absolute Gasteiger partial charge is 0.276 e. The molecule has 20 heavy (non-hydrogen) atoms. The molecule has 0 aromatic carbocycles. The van der Waals surface area contributed by atoms with Crippen LogP contribution in [0.3, 0.4) is 0 Å². The second-order valence-electron chi connectivity index (χ2n) is 5.09. The molecule has 0 unspecified atom stereocenters. The summed E-state index contributed by atoms with van der Waals surface area (Å²) in [5.74, 6) is 0.817. The number of halogens is 2. The summed E-state index contributed by atoms with van der Waals surface area (Å²) in [6.45, 7) is 9.26. The molecule has 0 amide bonds. The Morgan fingerprint density at radius 3 is 3.00 bits per heavy atom. The molecule has 0 aliphatic carbocycles. The fraction of sp³-hybridized carbons (Fsp3) is 0.615. The average molecular weight is 283 g/mol. The second-order valence-corrected chi connectivity index (χ2v) is 5.09. The normalized spacial score (nSPS) is 24.1. The van der Waals surface area contributed by atoms with Gasteiger partial charge in [-0.1, -0.05) is 13.5 Å². The highest BCUT2D eigenvalue weighted by atomic mass is 19.3. The number of piperidine rings is 1. The summed E-state index contributed by atoms with van der Waals surface area (Å²) in [5, 5.41) is 7.37. The molecular weight excluding hydrogens is 264 g/mol. The molecule has 1 N–H and O–H groups in total. The zero-order valence-electron chi connectivity index (χ0n) is 11.7. The Kier molecular flexibility index (Phi) is 4.59. The molecule has 0 bridgehead atoms. The van der Waals surface area contributed by atoms with Crippen LogP contribution in [0, 0.1) is 11.8 Å². The van der Waals surface area contributed by atoms with Crippen molar-refractivity contribution in [3.05, 3.63) is 12.9 Å². The monoisotopic (exact) mass is 283 g/mol. The van der Waals surface area contributed by atoms with Gasteiger partial charge in [-0.2, -0.15) is 10.1 Å². The SMILES string of the molecule is C=C([C@@H]1CNCC[C@H]1C)n1ncnc1N=C(C)C(F)F. The second kappa shape index (κ2) is 6.21. The first-order valence-electron chi connectivity index (χ1n) is 6.64. The van der Waals surface area contributed by atoms with E-state index in [-0.39, 0.29) is 17.6 Å². The van der Waals surface area contributed by atoms with Crippen LogP contribution in [0.25, 0.3) is 5.70 Å². The first kappa shape index (κ1) is 14.8. The van der Waals surface area contributed by atoms with Gasteiger partial charge in [0.2, 0.25) is 0 Å². The molecule has 110 valence electrons. The Hall–Kier alpha value is -1.63. The molecule has 0 saturated carbocycles. The lowest BCUT2D eigenvalue weighted by molar-refractivity contribution is 0.225. The van der Waals surface area contributed by atoms with Gasteiger partial charge in [0, 0.05) is 18.2 Å². The third-order valence-corrected chi connectivity index (χ3v) is 3.65. The zero-order chi connectivity index (χ0) is 14.7. The van der Waals surface area contributed by atoms with Crippen LogP contribution in [0.4, 0.5) is 14.7 Å².